The summed E-state index contributed by atoms with van der Waals surface area (Å²) in [6.07, 6.45) is 2.71. The van der Waals surface area contributed by atoms with Crippen LogP contribution in [0.5, 0.6) is 0 Å². The molecule has 1 aromatic heterocycles. The minimum Gasteiger partial charge on any atom is -0.461 e. The van der Waals surface area contributed by atoms with Crippen molar-refractivity contribution >= 4 is 5.78 Å². The SMILES string of the molecule is CCN(CC)C1CCN(CC(=O)c2ccco2)C1. The number of rotatable bonds is 6. The minimum atomic E-state index is 0.0835. The van der Waals surface area contributed by atoms with Crippen molar-refractivity contribution in [3.8, 4) is 0 Å². The summed E-state index contributed by atoms with van der Waals surface area (Å²) in [6, 6.07) is 4.10. The second kappa shape index (κ2) is 6.16. The van der Waals surface area contributed by atoms with Gasteiger partial charge in [0.05, 0.1) is 12.8 Å². The van der Waals surface area contributed by atoms with Crippen LogP contribution in [0.4, 0.5) is 0 Å². The molecule has 1 aliphatic rings. The Hall–Kier alpha value is -1.13. The molecule has 100 valence electrons. The zero-order valence-electron chi connectivity index (χ0n) is 11.3. The van der Waals surface area contributed by atoms with Crippen molar-refractivity contribution in [3.05, 3.63) is 24.2 Å². The lowest BCUT2D eigenvalue weighted by Crippen LogP contribution is -2.38. The third-order valence-electron chi connectivity index (χ3n) is 3.74. The summed E-state index contributed by atoms with van der Waals surface area (Å²) in [7, 11) is 0. The number of carbonyl (C=O) groups excluding carboxylic acids is 1. The van der Waals surface area contributed by atoms with Crippen molar-refractivity contribution in [3.63, 3.8) is 0 Å². The topological polar surface area (TPSA) is 36.7 Å². The first kappa shape index (κ1) is 13.3. The van der Waals surface area contributed by atoms with E-state index in [4.69, 9.17) is 4.42 Å². The fraction of sp³-hybridized carbons (Fsp3) is 0.643. The first-order valence-corrected chi connectivity index (χ1v) is 6.77. The van der Waals surface area contributed by atoms with Crippen LogP contribution in [-0.2, 0) is 0 Å². The van der Waals surface area contributed by atoms with Crippen molar-refractivity contribution in [2.24, 2.45) is 0 Å². The number of furan rings is 1. The molecule has 18 heavy (non-hydrogen) atoms. The molecule has 0 aliphatic carbocycles. The lowest BCUT2D eigenvalue weighted by atomic mass is 10.2. The average Bonchev–Trinajstić information content (AvgIpc) is 3.01. The van der Waals surface area contributed by atoms with E-state index in [-0.39, 0.29) is 5.78 Å². The fourth-order valence-electron chi connectivity index (χ4n) is 2.71. The molecule has 0 N–H and O–H groups in total. The van der Waals surface area contributed by atoms with Crippen LogP contribution in [0.3, 0.4) is 0 Å². The van der Waals surface area contributed by atoms with E-state index in [1.165, 1.54) is 0 Å². The predicted octanol–water partition coefficient (Wildman–Crippen LogP) is 1.88. The molecular weight excluding hydrogens is 228 g/mol. The first-order chi connectivity index (χ1) is 8.74. The van der Waals surface area contributed by atoms with Crippen LogP contribution in [0, 0.1) is 0 Å². The Labute approximate surface area is 109 Å². The molecule has 0 aromatic carbocycles. The normalized spacial score (nSPS) is 20.7. The van der Waals surface area contributed by atoms with E-state index in [1.54, 1.807) is 18.4 Å². The molecule has 0 spiro atoms. The highest BCUT2D eigenvalue weighted by molar-refractivity contribution is 5.95. The molecule has 0 amide bonds. The van der Waals surface area contributed by atoms with E-state index < -0.39 is 0 Å². The van der Waals surface area contributed by atoms with Crippen LogP contribution in [0.15, 0.2) is 22.8 Å². The van der Waals surface area contributed by atoms with E-state index >= 15 is 0 Å². The van der Waals surface area contributed by atoms with E-state index in [0.29, 0.717) is 18.3 Å². The summed E-state index contributed by atoms with van der Waals surface area (Å²) >= 11 is 0. The highest BCUT2D eigenvalue weighted by atomic mass is 16.3. The summed E-state index contributed by atoms with van der Waals surface area (Å²) in [4.78, 5) is 16.6. The van der Waals surface area contributed by atoms with Crippen molar-refractivity contribution in [1.82, 2.24) is 9.80 Å². The second-order valence-corrected chi connectivity index (χ2v) is 4.80. The Balaban J connectivity index is 1.84. The maximum absolute atomic E-state index is 11.9. The number of Topliss-reactive ketones (excluding diaryl/α,β-unsaturated/α-hetero) is 1. The lowest BCUT2D eigenvalue weighted by molar-refractivity contribution is 0.0912. The van der Waals surface area contributed by atoms with Crippen molar-refractivity contribution in [2.75, 3.05) is 32.7 Å². The van der Waals surface area contributed by atoms with E-state index in [2.05, 4.69) is 23.6 Å². The highest BCUT2D eigenvalue weighted by Crippen LogP contribution is 2.16. The lowest BCUT2D eigenvalue weighted by Gasteiger charge is -2.26. The molecule has 4 nitrogen and oxygen atoms in total. The Morgan fingerprint density at radius 1 is 1.50 bits per heavy atom. The molecule has 2 rings (SSSR count). The summed E-state index contributed by atoms with van der Waals surface area (Å²) in [5.74, 6) is 0.557. The van der Waals surface area contributed by atoms with Gasteiger partial charge >= 0.3 is 0 Å². The van der Waals surface area contributed by atoms with Crippen LogP contribution in [0.2, 0.25) is 0 Å². The van der Waals surface area contributed by atoms with Gasteiger partial charge in [-0.05, 0) is 31.6 Å². The Bertz CT molecular complexity index is 371. The number of hydrogen-bond donors (Lipinski definition) is 0. The van der Waals surface area contributed by atoms with Crippen molar-refractivity contribution in [2.45, 2.75) is 26.3 Å². The highest BCUT2D eigenvalue weighted by Gasteiger charge is 2.27. The predicted molar refractivity (Wildman–Crippen MR) is 70.8 cm³/mol. The number of likely N-dealkylation sites (N-methyl/N-ethyl adjacent to an activating group) is 1. The molecule has 1 unspecified atom stereocenters. The third-order valence-corrected chi connectivity index (χ3v) is 3.74. The molecule has 1 fully saturated rings. The van der Waals surface area contributed by atoms with Crippen molar-refractivity contribution < 1.29 is 9.21 Å². The van der Waals surface area contributed by atoms with Gasteiger partial charge in [0.1, 0.15) is 0 Å². The van der Waals surface area contributed by atoms with Gasteiger partial charge in [-0.25, -0.2) is 0 Å². The summed E-state index contributed by atoms with van der Waals surface area (Å²) in [5, 5.41) is 0. The smallest absolute Gasteiger partial charge is 0.211 e. The standard InChI is InChI=1S/C14H22N2O2/c1-3-16(4-2)12-7-8-15(10-12)11-13(17)14-6-5-9-18-14/h5-6,9,12H,3-4,7-8,10-11H2,1-2H3. The fourth-order valence-corrected chi connectivity index (χ4v) is 2.71. The molecule has 4 heteroatoms. The van der Waals surface area contributed by atoms with E-state index in [1.807, 2.05) is 0 Å². The van der Waals surface area contributed by atoms with Gasteiger partial charge in [-0.3, -0.25) is 14.6 Å². The quantitative estimate of drug-likeness (QED) is 0.722. The molecule has 1 aromatic rings. The Morgan fingerprint density at radius 2 is 2.28 bits per heavy atom. The van der Waals surface area contributed by atoms with Crippen LogP contribution >= 0.6 is 0 Å². The molecule has 2 heterocycles. The van der Waals surface area contributed by atoms with Gasteiger partial charge in [0.25, 0.3) is 0 Å². The zero-order chi connectivity index (χ0) is 13.0. The van der Waals surface area contributed by atoms with Gasteiger partial charge in [-0.1, -0.05) is 13.8 Å². The minimum absolute atomic E-state index is 0.0835. The number of ketones is 1. The number of nitrogens with zero attached hydrogens (tertiary/aromatic N) is 2. The maximum atomic E-state index is 11.9. The van der Waals surface area contributed by atoms with Gasteiger partial charge in [0.2, 0.25) is 5.78 Å². The van der Waals surface area contributed by atoms with Crippen LogP contribution in [-0.4, -0.2) is 54.3 Å². The summed E-state index contributed by atoms with van der Waals surface area (Å²) in [6.45, 7) is 9.04. The van der Waals surface area contributed by atoms with Gasteiger partial charge in [0, 0.05) is 19.1 Å². The molecule has 1 saturated heterocycles. The van der Waals surface area contributed by atoms with Gasteiger partial charge in [-0.15, -0.1) is 0 Å². The number of likely N-dealkylation sites (tertiary alicyclic amines) is 1. The van der Waals surface area contributed by atoms with Crippen LogP contribution < -0.4 is 0 Å². The third kappa shape index (κ3) is 3.00. The van der Waals surface area contributed by atoms with Gasteiger partial charge < -0.3 is 4.42 Å². The van der Waals surface area contributed by atoms with Crippen LogP contribution in [0.25, 0.3) is 0 Å². The number of hydrogen-bond acceptors (Lipinski definition) is 4. The molecule has 0 radical (unpaired) electrons. The monoisotopic (exact) mass is 250 g/mol. The summed E-state index contributed by atoms with van der Waals surface area (Å²) in [5.41, 5.74) is 0. The number of carbonyl (C=O) groups is 1. The van der Waals surface area contributed by atoms with Crippen molar-refractivity contribution in [1.29, 1.82) is 0 Å². The first-order valence-electron chi connectivity index (χ1n) is 6.77. The summed E-state index contributed by atoms with van der Waals surface area (Å²) < 4.78 is 5.14. The molecule has 1 atom stereocenters. The molecule has 1 aliphatic heterocycles. The second-order valence-electron chi connectivity index (χ2n) is 4.80. The molecular formula is C14H22N2O2. The largest absolute Gasteiger partial charge is 0.461 e. The van der Waals surface area contributed by atoms with E-state index in [0.717, 1.165) is 32.6 Å². The Kier molecular flexibility index (Phi) is 4.55. The van der Waals surface area contributed by atoms with E-state index in [9.17, 15) is 4.79 Å². The Morgan fingerprint density at radius 3 is 2.89 bits per heavy atom. The van der Waals surface area contributed by atoms with Gasteiger partial charge in [0.15, 0.2) is 5.76 Å². The van der Waals surface area contributed by atoms with Gasteiger partial charge in [-0.2, -0.15) is 0 Å². The zero-order valence-corrected chi connectivity index (χ0v) is 11.3. The maximum Gasteiger partial charge on any atom is 0.211 e. The molecule has 0 bridgehead atoms. The molecule has 0 saturated carbocycles. The van der Waals surface area contributed by atoms with Crippen LogP contribution in [0.1, 0.15) is 30.8 Å². The average molecular weight is 250 g/mol.